The molecule has 2 aliphatic rings. The maximum atomic E-state index is 13.6. The fourth-order valence-electron chi connectivity index (χ4n) is 4.46. The lowest BCUT2D eigenvalue weighted by molar-refractivity contribution is -0.113. The van der Waals surface area contributed by atoms with Crippen molar-refractivity contribution in [2.45, 2.75) is 57.3 Å². The molecule has 2 fully saturated rings. The molecule has 0 unspecified atom stereocenters. The van der Waals surface area contributed by atoms with Crippen LogP contribution >= 0.6 is 0 Å². The minimum Gasteiger partial charge on any atom is -0.508 e. The molecule has 0 bridgehead atoms. The van der Waals surface area contributed by atoms with Gasteiger partial charge in [0.25, 0.3) is 0 Å². The quantitative estimate of drug-likeness (QED) is 0.247. The molecule has 0 saturated carbocycles. The van der Waals surface area contributed by atoms with Gasteiger partial charge in [-0.1, -0.05) is 6.42 Å². The van der Waals surface area contributed by atoms with Crippen molar-refractivity contribution in [3.8, 4) is 0 Å². The molecule has 9 nitrogen and oxygen atoms in total. The molecule has 2 heterocycles. The summed E-state index contributed by atoms with van der Waals surface area (Å²) in [6.45, 7) is 4.38. The first-order valence-electron chi connectivity index (χ1n) is 11.7. The topological polar surface area (TPSA) is 128 Å². The van der Waals surface area contributed by atoms with E-state index < -0.39 is 34.1 Å². The van der Waals surface area contributed by atoms with Gasteiger partial charge in [-0.3, -0.25) is 4.79 Å². The second-order valence-corrected chi connectivity index (χ2v) is 10.7. The molecule has 0 aromatic heterocycles. The summed E-state index contributed by atoms with van der Waals surface area (Å²) in [5.41, 5.74) is 0.284. The van der Waals surface area contributed by atoms with Crippen molar-refractivity contribution in [3.63, 3.8) is 0 Å². The first kappa shape index (κ1) is 25.9. The van der Waals surface area contributed by atoms with E-state index >= 15 is 0 Å². The highest BCUT2D eigenvalue weighted by Crippen LogP contribution is 2.32. The number of aliphatic hydroxyl groups excluding tert-OH is 1. The number of sulfonamides is 1. The molecule has 0 atom stereocenters. The number of hydrogen-bond acceptors (Lipinski definition) is 8. The van der Waals surface area contributed by atoms with Crippen molar-refractivity contribution in [2.24, 2.45) is 0 Å². The van der Waals surface area contributed by atoms with Gasteiger partial charge in [0, 0.05) is 31.9 Å². The Kier molecular flexibility index (Phi) is 8.48. The van der Waals surface area contributed by atoms with Gasteiger partial charge in [-0.15, -0.1) is 0 Å². The number of allylic oxidation sites excluding steroid dienone is 1. The van der Waals surface area contributed by atoms with E-state index in [4.69, 9.17) is 10.1 Å². The lowest BCUT2D eigenvalue weighted by Gasteiger charge is -2.33. The number of carbonyl (C=O) groups is 2. The number of rotatable bonds is 8. The second kappa shape index (κ2) is 11.1. The monoisotopic (exact) mass is 491 g/mol. The van der Waals surface area contributed by atoms with Crippen LogP contribution in [0.15, 0.2) is 34.4 Å². The minimum absolute atomic E-state index is 0.0418. The molecule has 1 aromatic rings. The second-order valence-electron chi connectivity index (χ2n) is 8.77. The van der Waals surface area contributed by atoms with Gasteiger partial charge in [0.2, 0.25) is 10.0 Å². The van der Waals surface area contributed by atoms with Crippen LogP contribution < -0.4 is 4.90 Å². The Labute approximate surface area is 200 Å². The number of Topliss-reactive ketones (excluding diaryl/α,β-unsaturated/α-hetero) is 1. The summed E-state index contributed by atoms with van der Waals surface area (Å²) < 4.78 is 33.8. The lowest BCUT2D eigenvalue weighted by Crippen LogP contribution is -2.37. The van der Waals surface area contributed by atoms with Gasteiger partial charge in [0.1, 0.15) is 17.3 Å². The molecule has 0 spiro atoms. The largest absolute Gasteiger partial charge is 0.508 e. The zero-order valence-electron chi connectivity index (χ0n) is 19.8. The SMILES string of the molecule is CC(=N)/C(C(C)=O)=C(/O)COC(=O)c1ccc(N2CCCCC2)c(S(=O)(=O)N2CCCCC2)c1. The van der Waals surface area contributed by atoms with Crippen LogP contribution in [-0.2, 0) is 19.6 Å². The van der Waals surface area contributed by atoms with Crippen molar-refractivity contribution in [1.82, 2.24) is 4.31 Å². The Morgan fingerprint density at radius 3 is 2.15 bits per heavy atom. The van der Waals surface area contributed by atoms with E-state index in [1.54, 1.807) is 6.07 Å². The standard InChI is InChI=1S/C24H33N3O6S/c1-17(25)23(18(2)28)21(29)16-33-24(30)19-9-10-20(26-11-5-3-6-12-26)22(15-19)34(31,32)27-13-7-4-8-14-27/h9-10,15,25,29H,3-8,11-14,16H2,1-2H3/b23-21-,25-17?. The number of carbonyl (C=O) groups excluding carboxylic acids is 2. The number of piperidine rings is 2. The third-order valence-corrected chi connectivity index (χ3v) is 8.11. The minimum atomic E-state index is -3.81. The molecule has 0 radical (unpaired) electrons. The van der Waals surface area contributed by atoms with Gasteiger partial charge in [0.15, 0.2) is 5.78 Å². The summed E-state index contributed by atoms with van der Waals surface area (Å²) in [5.74, 6) is -1.85. The molecule has 2 N–H and O–H groups in total. The van der Waals surface area contributed by atoms with E-state index in [0.29, 0.717) is 18.8 Å². The molecule has 0 amide bonds. The van der Waals surface area contributed by atoms with E-state index in [0.717, 1.165) is 51.6 Å². The van der Waals surface area contributed by atoms with E-state index in [1.807, 2.05) is 0 Å². The van der Waals surface area contributed by atoms with Gasteiger partial charge in [0.05, 0.1) is 16.8 Å². The number of nitrogens with one attached hydrogen (secondary N) is 1. The van der Waals surface area contributed by atoms with Gasteiger partial charge in [-0.25, -0.2) is 13.2 Å². The number of ether oxygens (including phenoxy) is 1. The average molecular weight is 492 g/mol. The molecular formula is C24H33N3O6S. The Morgan fingerprint density at radius 1 is 1.00 bits per heavy atom. The number of esters is 1. The van der Waals surface area contributed by atoms with Crippen molar-refractivity contribution in [1.29, 1.82) is 5.41 Å². The van der Waals surface area contributed by atoms with Crippen LogP contribution in [0.2, 0.25) is 0 Å². The number of hydrogen-bond donors (Lipinski definition) is 2. The zero-order valence-corrected chi connectivity index (χ0v) is 20.6. The predicted molar refractivity (Wildman–Crippen MR) is 129 cm³/mol. The van der Waals surface area contributed by atoms with Gasteiger partial charge < -0.3 is 20.2 Å². The van der Waals surface area contributed by atoms with Crippen LogP contribution in [0.4, 0.5) is 5.69 Å². The molecule has 3 rings (SSSR count). The Balaban J connectivity index is 1.92. The van der Waals surface area contributed by atoms with E-state index in [-0.39, 0.29) is 21.7 Å². The van der Waals surface area contributed by atoms with Crippen molar-refractivity contribution < 1.29 is 27.9 Å². The predicted octanol–water partition coefficient (Wildman–Crippen LogP) is 3.45. The highest BCUT2D eigenvalue weighted by molar-refractivity contribution is 7.89. The fourth-order valence-corrected chi connectivity index (χ4v) is 6.22. The Bertz CT molecular complexity index is 1070. The zero-order chi connectivity index (χ0) is 24.9. The Hall–Kier alpha value is -2.72. The summed E-state index contributed by atoms with van der Waals surface area (Å²) in [5, 5.41) is 17.8. The van der Waals surface area contributed by atoms with Gasteiger partial charge in [-0.2, -0.15) is 4.31 Å². The number of ketones is 1. The van der Waals surface area contributed by atoms with Gasteiger partial charge >= 0.3 is 5.97 Å². The number of aliphatic hydroxyl groups is 1. The molecule has 2 aliphatic heterocycles. The number of benzene rings is 1. The van der Waals surface area contributed by atoms with Crippen LogP contribution in [0, 0.1) is 5.41 Å². The summed E-state index contributed by atoms with van der Waals surface area (Å²) in [6.07, 6.45) is 5.65. The van der Waals surface area contributed by atoms with Crippen LogP contribution in [0.25, 0.3) is 0 Å². The van der Waals surface area contributed by atoms with Crippen LogP contribution in [0.5, 0.6) is 0 Å². The van der Waals surface area contributed by atoms with Crippen LogP contribution in [0.3, 0.4) is 0 Å². The molecule has 10 heteroatoms. The van der Waals surface area contributed by atoms with E-state index in [1.165, 1.54) is 30.3 Å². The third-order valence-electron chi connectivity index (χ3n) is 6.18. The number of nitrogens with zero attached hydrogens (tertiary/aromatic N) is 2. The molecule has 186 valence electrons. The van der Waals surface area contributed by atoms with Crippen LogP contribution in [0.1, 0.15) is 62.7 Å². The molecule has 0 aliphatic carbocycles. The molecular weight excluding hydrogens is 458 g/mol. The van der Waals surface area contributed by atoms with Crippen molar-refractivity contribution in [2.75, 3.05) is 37.7 Å². The van der Waals surface area contributed by atoms with Gasteiger partial charge in [-0.05, 0) is 64.2 Å². The summed E-state index contributed by atoms with van der Waals surface area (Å²) in [6, 6.07) is 4.53. The number of anilines is 1. The smallest absolute Gasteiger partial charge is 0.338 e. The lowest BCUT2D eigenvalue weighted by atomic mass is 10.1. The Morgan fingerprint density at radius 2 is 1.59 bits per heavy atom. The average Bonchev–Trinajstić information content (AvgIpc) is 2.82. The van der Waals surface area contributed by atoms with E-state index in [2.05, 4.69) is 4.90 Å². The maximum absolute atomic E-state index is 13.6. The highest BCUT2D eigenvalue weighted by atomic mass is 32.2. The van der Waals surface area contributed by atoms with Crippen molar-refractivity contribution in [3.05, 3.63) is 35.1 Å². The maximum Gasteiger partial charge on any atom is 0.338 e. The summed E-state index contributed by atoms with van der Waals surface area (Å²) in [7, 11) is -3.81. The summed E-state index contributed by atoms with van der Waals surface area (Å²) >= 11 is 0. The first-order chi connectivity index (χ1) is 16.1. The molecule has 2 saturated heterocycles. The fraction of sp³-hybridized carbons (Fsp3) is 0.542. The first-order valence-corrected chi connectivity index (χ1v) is 13.1. The highest BCUT2D eigenvalue weighted by Gasteiger charge is 2.31. The molecule has 1 aromatic carbocycles. The normalized spacial score (nSPS) is 18.2. The van der Waals surface area contributed by atoms with Crippen molar-refractivity contribution >= 4 is 33.2 Å². The summed E-state index contributed by atoms with van der Waals surface area (Å²) in [4.78, 5) is 26.5. The van der Waals surface area contributed by atoms with E-state index in [9.17, 15) is 23.1 Å². The molecule has 34 heavy (non-hydrogen) atoms. The van der Waals surface area contributed by atoms with Crippen LogP contribution in [-0.4, -0.2) is 68.1 Å². The third kappa shape index (κ3) is 5.85.